The molecule has 0 unspecified atom stereocenters. The highest BCUT2D eigenvalue weighted by Crippen LogP contribution is 2.20. The topological polar surface area (TPSA) is 91.9 Å². The van der Waals surface area contributed by atoms with Crippen LogP contribution in [0.25, 0.3) is 11.0 Å². The van der Waals surface area contributed by atoms with E-state index in [1.54, 1.807) is 42.5 Å². The van der Waals surface area contributed by atoms with Gasteiger partial charge in [-0.1, -0.05) is 29.8 Å². The largest absolute Gasteiger partial charge is 0.329 e. The Morgan fingerprint density at radius 3 is 2.71 bits per heavy atom. The molecule has 3 rings (SSSR count). The van der Waals surface area contributed by atoms with Crippen LogP contribution in [0.2, 0.25) is 5.02 Å². The van der Waals surface area contributed by atoms with Crippen molar-refractivity contribution in [3.8, 4) is 0 Å². The highest BCUT2D eigenvalue weighted by molar-refractivity contribution is 7.92. The third kappa shape index (κ3) is 3.42. The summed E-state index contributed by atoms with van der Waals surface area (Å²) in [5.41, 5.74) is 2.43. The Labute approximate surface area is 143 Å². The van der Waals surface area contributed by atoms with Crippen LogP contribution in [0.15, 0.2) is 47.6 Å². The number of nitrogens with one attached hydrogen (secondary N) is 2. The highest BCUT2D eigenvalue weighted by atomic mass is 35.5. The van der Waals surface area contributed by atoms with Crippen LogP contribution in [0.4, 0.5) is 5.69 Å². The first kappa shape index (κ1) is 16.5. The maximum absolute atomic E-state index is 12.3. The Morgan fingerprint density at radius 2 is 2.00 bits per heavy atom. The maximum Gasteiger partial charge on any atom is 0.240 e. The fourth-order valence-electron chi connectivity index (χ4n) is 2.19. The van der Waals surface area contributed by atoms with Gasteiger partial charge < -0.3 is 10.3 Å². The van der Waals surface area contributed by atoms with Gasteiger partial charge in [-0.25, -0.2) is 13.4 Å². The van der Waals surface area contributed by atoms with E-state index in [4.69, 9.17) is 11.6 Å². The molecule has 24 heavy (non-hydrogen) atoms. The number of amides is 1. The highest BCUT2D eigenvalue weighted by Gasteiger charge is 2.23. The second-order valence-corrected chi connectivity index (χ2v) is 7.64. The molecule has 0 radical (unpaired) electrons. The summed E-state index contributed by atoms with van der Waals surface area (Å²) in [6.45, 7) is 1.83. The summed E-state index contributed by atoms with van der Waals surface area (Å²) in [5.74, 6) is -1.37. The van der Waals surface area contributed by atoms with Crippen molar-refractivity contribution in [1.29, 1.82) is 0 Å². The first-order chi connectivity index (χ1) is 11.3. The molecule has 1 heterocycles. The van der Waals surface area contributed by atoms with Crippen LogP contribution in [0, 0.1) is 6.92 Å². The number of aryl methyl sites for hydroxylation is 1. The van der Waals surface area contributed by atoms with Crippen molar-refractivity contribution in [2.75, 3.05) is 11.1 Å². The molecule has 0 atom stereocenters. The number of aromatic amines is 1. The number of rotatable bonds is 4. The molecule has 0 bridgehead atoms. The lowest BCUT2D eigenvalue weighted by Gasteiger charge is -2.06. The lowest BCUT2D eigenvalue weighted by Crippen LogP contribution is -2.23. The molecule has 0 aliphatic heterocycles. The number of nitrogens with zero attached hydrogens (tertiary/aromatic N) is 1. The number of anilines is 1. The molecule has 0 spiro atoms. The minimum Gasteiger partial charge on any atom is -0.329 e. The molecular weight excluding hydrogens is 350 g/mol. The second-order valence-electron chi connectivity index (χ2n) is 5.33. The smallest absolute Gasteiger partial charge is 0.240 e. The van der Waals surface area contributed by atoms with E-state index in [-0.39, 0.29) is 5.16 Å². The van der Waals surface area contributed by atoms with E-state index in [0.717, 1.165) is 5.56 Å². The Kier molecular flexibility index (Phi) is 4.29. The molecule has 0 aliphatic carbocycles. The average Bonchev–Trinajstić information content (AvgIpc) is 2.95. The summed E-state index contributed by atoms with van der Waals surface area (Å²) in [5, 5.41) is 2.80. The predicted octanol–water partition coefficient (Wildman–Crippen LogP) is 2.94. The van der Waals surface area contributed by atoms with Gasteiger partial charge in [-0.2, -0.15) is 0 Å². The van der Waals surface area contributed by atoms with Gasteiger partial charge in [0.1, 0.15) is 5.75 Å². The zero-order chi connectivity index (χ0) is 17.3. The van der Waals surface area contributed by atoms with Gasteiger partial charge in [0, 0.05) is 10.7 Å². The number of H-pyrrole nitrogens is 1. The summed E-state index contributed by atoms with van der Waals surface area (Å²) in [6, 6.07) is 11.9. The van der Waals surface area contributed by atoms with Crippen molar-refractivity contribution in [3.05, 3.63) is 53.1 Å². The number of hydrogen-bond donors (Lipinski definition) is 2. The molecule has 2 N–H and O–H groups in total. The summed E-state index contributed by atoms with van der Waals surface area (Å²) in [4.78, 5) is 18.8. The van der Waals surface area contributed by atoms with E-state index in [0.29, 0.717) is 21.7 Å². The quantitative estimate of drug-likeness (QED) is 0.745. The molecule has 0 aliphatic rings. The van der Waals surface area contributed by atoms with Crippen LogP contribution in [0.5, 0.6) is 0 Å². The number of benzene rings is 2. The Bertz CT molecular complexity index is 995. The van der Waals surface area contributed by atoms with Crippen molar-refractivity contribution in [3.63, 3.8) is 0 Å². The number of para-hydroxylation sites is 2. The van der Waals surface area contributed by atoms with Crippen LogP contribution in [-0.4, -0.2) is 30.0 Å². The number of carbonyl (C=O) groups excluding carboxylic acids is 1. The molecule has 0 saturated heterocycles. The minimum atomic E-state index is -3.87. The molecular formula is C16H14ClN3O3S. The van der Waals surface area contributed by atoms with Crippen molar-refractivity contribution in [1.82, 2.24) is 9.97 Å². The van der Waals surface area contributed by atoms with Gasteiger partial charge in [-0.15, -0.1) is 0 Å². The Balaban J connectivity index is 1.78. The van der Waals surface area contributed by atoms with Crippen LogP contribution in [-0.2, 0) is 14.6 Å². The average molecular weight is 364 g/mol. The first-order valence-electron chi connectivity index (χ1n) is 7.09. The van der Waals surface area contributed by atoms with Crippen molar-refractivity contribution in [2.45, 2.75) is 12.1 Å². The molecule has 6 nitrogen and oxygen atoms in total. The summed E-state index contributed by atoms with van der Waals surface area (Å²) in [6.07, 6.45) is 0. The fraction of sp³-hybridized carbons (Fsp3) is 0.125. The number of imidazole rings is 1. The normalized spacial score (nSPS) is 11.6. The first-order valence-corrected chi connectivity index (χ1v) is 9.12. The maximum atomic E-state index is 12.3. The van der Waals surface area contributed by atoms with Gasteiger partial charge >= 0.3 is 0 Å². The van der Waals surface area contributed by atoms with E-state index in [1.165, 1.54) is 0 Å². The minimum absolute atomic E-state index is 0.221. The molecule has 1 aromatic heterocycles. The third-order valence-corrected chi connectivity index (χ3v) is 5.27. The molecule has 0 fully saturated rings. The van der Waals surface area contributed by atoms with Crippen molar-refractivity contribution < 1.29 is 13.2 Å². The molecule has 0 saturated carbocycles. The van der Waals surface area contributed by atoms with Gasteiger partial charge in [0.15, 0.2) is 0 Å². The SMILES string of the molecule is Cc1ccc(NC(=O)CS(=O)(=O)c2nc3ccccc3[nH]2)cc1Cl. The van der Waals surface area contributed by atoms with Crippen LogP contribution in [0.3, 0.4) is 0 Å². The van der Waals surface area contributed by atoms with Gasteiger partial charge in [0.25, 0.3) is 0 Å². The summed E-state index contributed by atoms with van der Waals surface area (Å²) < 4.78 is 24.7. The Morgan fingerprint density at radius 1 is 1.25 bits per heavy atom. The van der Waals surface area contributed by atoms with E-state index in [1.807, 2.05) is 6.92 Å². The monoisotopic (exact) mass is 363 g/mol. The van der Waals surface area contributed by atoms with Crippen LogP contribution >= 0.6 is 11.6 Å². The van der Waals surface area contributed by atoms with E-state index in [2.05, 4.69) is 15.3 Å². The molecule has 1 amide bonds. The lowest BCUT2D eigenvalue weighted by molar-refractivity contribution is -0.113. The van der Waals surface area contributed by atoms with Gasteiger partial charge in [0.2, 0.25) is 20.9 Å². The molecule has 8 heteroatoms. The van der Waals surface area contributed by atoms with Crippen LogP contribution in [0.1, 0.15) is 5.56 Å². The number of sulfone groups is 1. The molecule has 3 aromatic rings. The van der Waals surface area contributed by atoms with Gasteiger partial charge in [0.05, 0.1) is 11.0 Å². The van der Waals surface area contributed by atoms with Crippen molar-refractivity contribution in [2.24, 2.45) is 0 Å². The van der Waals surface area contributed by atoms with Gasteiger partial charge in [-0.05, 0) is 36.8 Å². The number of hydrogen-bond acceptors (Lipinski definition) is 4. The number of carbonyl (C=O) groups is 1. The number of aromatic nitrogens is 2. The lowest BCUT2D eigenvalue weighted by atomic mass is 10.2. The number of fused-ring (bicyclic) bond motifs is 1. The predicted molar refractivity (Wildman–Crippen MR) is 93.0 cm³/mol. The fourth-order valence-corrected chi connectivity index (χ4v) is 3.42. The summed E-state index contributed by atoms with van der Waals surface area (Å²) >= 11 is 5.99. The number of halogens is 1. The zero-order valence-corrected chi connectivity index (χ0v) is 14.3. The molecule has 124 valence electrons. The standard InChI is InChI=1S/C16H14ClN3O3S/c1-10-6-7-11(8-12(10)17)18-15(21)9-24(22,23)16-19-13-4-2-3-5-14(13)20-16/h2-8H,9H2,1H3,(H,18,21)(H,19,20). The van der Waals surface area contributed by atoms with E-state index >= 15 is 0 Å². The van der Waals surface area contributed by atoms with Crippen LogP contribution < -0.4 is 5.32 Å². The summed E-state index contributed by atoms with van der Waals surface area (Å²) in [7, 11) is -3.87. The van der Waals surface area contributed by atoms with Gasteiger partial charge in [-0.3, -0.25) is 4.79 Å². The van der Waals surface area contributed by atoms with E-state index < -0.39 is 21.5 Å². The third-order valence-electron chi connectivity index (χ3n) is 3.44. The van der Waals surface area contributed by atoms with Crippen molar-refractivity contribution >= 4 is 44.1 Å². The molecule has 2 aromatic carbocycles. The zero-order valence-electron chi connectivity index (χ0n) is 12.7. The Hall–Kier alpha value is -2.38. The second kappa shape index (κ2) is 6.26. The van der Waals surface area contributed by atoms with E-state index in [9.17, 15) is 13.2 Å².